The van der Waals surface area contributed by atoms with Gasteiger partial charge in [0.15, 0.2) is 11.2 Å². The molecule has 0 radical (unpaired) electrons. The molecule has 0 atom stereocenters. The second-order valence-electron chi connectivity index (χ2n) is 5.43. The first-order chi connectivity index (χ1) is 10.6. The Kier molecular flexibility index (Phi) is 3.46. The first-order valence-electron chi connectivity index (χ1n) is 7.10. The molecule has 0 aliphatic carbocycles. The van der Waals surface area contributed by atoms with Crippen LogP contribution in [0.15, 0.2) is 48.7 Å². The third kappa shape index (κ3) is 2.20. The quantitative estimate of drug-likeness (QED) is 0.547. The fourth-order valence-corrected chi connectivity index (χ4v) is 2.75. The molecule has 3 aromatic heterocycles. The van der Waals surface area contributed by atoms with Crippen LogP contribution in [-0.4, -0.2) is 25.5 Å². The van der Waals surface area contributed by atoms with Gasteiger partial charge in [0.25, 0.3) is 0 Å². The van der Waals surface area contributed by atoms with Gasteiger partial charge in [-0.2, -0.15) is 0 Å². The lowest BCUT2D eigenvalue weighted by Crippen LogP contribution is -2.26. The predicted molar refractivity (Wildman–Crippen MR) is 85.1 cm³/mol. The van der Waals surface area contributed by atoms with Gasteiger partial charge in [-0.25, -0.2) is 0 Å². The lowest BCUT2D eigenvalue weighted by atomic mass is 10.1. The van der Waals surface area contributed by atoms with Crippen LogP contribution in [0, 0.1) is 13.8 Å². The number of hydrogen-bond donors (Lipinski definition) is 1. The number of fused-ring (bicyclic) bond motifs is 3. The van der Waals surface area contributed by atoms with Crippen LogP contribution in [0.4, 0.5) is 0 Å². The highest BCUT2D eigenvalue weighted by atomic mass is 16.3. The van der Waals surface area contributed by atoms with Crippen LogP contribution in [-0.2, 0) is 0 Å². The summed E-state index contributed by atoms with van der Waals surface area (Å²) in [6.45, 7) is 3.90. The summed E-state index contributed by atoms with van der Waals surface area (Å²) in [7, 11) is 0. The monoisotopic (exact) mass is 308 g/mol. The molecule has 0 aliphatic rings. The molecular weight excluding hydrogens is 292 g/mol. The minimum atomic E-state index is 0. The highest BCUT2D eigenvalue weighted by Gasteiger charge is 2.25. The number of hydrogen-bond acceptors (Lipinski definition) is 4. The highest BCUT2D eigenvalue weighted by molar-refractivity contribution is 5.79. The van der Waals surface area contributed by atoms with Crippen LogP contribution < -0.4 is 4.52 Å². The second-order valence-corrected chi connectivity index (χ2v) is 5.43. The van der Waals surface area contributed by atoms with E-state index in [4.69, 9.17) is 0 Å². The Morgan fingerprint density at radius 3 is 2.61 bits per heavy atom. The molecule has 23 heavy (non-hydrogen) atoms. The summed E-state index contributed by atoms with van der Waals surface area (Å²) in [4.78, 5) is 4.27. The van der Waals surface area contributed by atoms with Crippen LogP contribution in [0.2, 0.25) is 0 Å². The lowest BCUT2D eigenvalue weighted by Gasteiger charge is -1.97. The maximum absolute atomic E-state index is 10.6. The Bertz CT molecular complexity index is 1010. The average molecular weight is 308 g/mol. The second kappa shape index (κ2) is 5.33. The van der Waals surface area contributed by atoms with E-state index < -0.39 is 0 Å². The molecule has 2 N–H and O–H groups in total. The summed E-state index contributed by atoms with van der Waals surface area (Å²) in [5.74, 6) is 0.119. The van der Waals surface area contributed by atoms with Gasteiger partial charge < -0.3 is 10.6 Å². The molecule has 0 amide bonds. The summed E-state index contributed by atoms with van der Waals surface area (Å²) < 4.78 is 3.29. The van der Waals surface area contributed by atoms with Gasteiger partial charge in [0.05, 0.1) is 6.20 Å². The molecule has 6 nitrogen and oxygen atoms in total. The number of aromatic nitrogens is 4. The van der Waals surface area contributed by atoms with E-state index in [-0.39, 0.29) is 11.4 Å². The van der Waals surface area contributed by atoms with Crippen molar-refractivity contribution in [2.75, 3.05) is 0 Å². The zero-order chi connectivity index (χ0) is 15.3. The fourth-order valence-electron chi connectivity index (χ4n) is 2.75. The molecule has 0 saturated heterocycles. The maximum Gasteiger partial charge on any atom is 0.359 e. The fraction of sp³-hybridized carbons (Fsp3) is 0.118. The van der Waals surface area contributed by atoms with E-state index in [1.165, 1.54) is 4.68 Å². The number of aryl methyl sites for hydroxylation is 2. The van der Waals surface area contributed by atoms with E-state index in [2.05, 4.69) is 16.3 Å². The molecule has 0 fully saturated rings. The van der Waals surface area contributed by atoms with Crippen molar-refractivity contribution in [2.24, 2.45) is 0 Å². The smallest absolute Gasteiger partial charge is 0.359 e. The molecule has 3 heterocycles. The Morgan fingerprint density at radius 2 is 1.87 bits per heavy atom. The van der Waals surface area contributed by atoms with Gasteiger partial charge in [0.2, 0.25) is 5.52 Å². The summed E-state index contributed by atoms with van der Waals surface area (Å²) >= 11 is 0. The molecule has 0 spiro atoms. The summed E-state index contributed by atoms with van der Waals surface area (Å²) in [6, 6.07) is 13.8. The van der Waals surface area contributed by atoms with Crippen molar-refractivity contribution in [2.45, 2.75) is 13.8 Å². The van der Waals surface area contributed by atoms with Gasteiger partial charge in [-0.3, -0.25) is 4.98 Å². The molecule has 0 bridgehead atoms. The molecular formula is C17H16N4O2. The first-order valence-corrected chi connectivity index (χ1v) is 7.10. The van der Waals surface area contributed by atoms with Crippen LogP contribution in [0.5, 0.6) is 5.88 Å². The van der Waals surface area contributed by atoms with Crippen molar-refractivity contribution < 1.29 is 15.1 Å². The van der Waals surface area contributed by atoms with Gasteiger partial charge in [-0.1, -0.05) is 27.4 Å². The molecule has 0 aliphatic heterocycles. The van der Waals surface area contributed by atoms with Crippen molar-refractivity contribution in [1.29, 1.82) is 0 Å². The molecule has 1 aromatic carbocycles. The summed E-state index contributed by atoms with van der Waals surface area (Å²) in [5, 5.41) is 16.2. The largest absolute Gasteiger partial charge is 0.870 e. The number of nitrogens with zero attached hydrogens (tertiary/aromatic N) is 4. The van der Waals surface area contributed by atoms with Gasteiger partial charge in [0, 0.05) is 16.6 Å². The van der Waals surface area contributed by atoms with Crippen LogP contribution in [0.1, 0.15) is 11.3 Å². The zero-order valence-corrected chi connectivity index (χ0v) is 12.8. The van der Waals surface area contributed by atoms with Gasteiger partial charge in [0.1, 0.15) is 5.21 Å². The van der Waals surface area contributed by atoms with Crippen molar-refractivity contribution >= 4 is 16.4 Å². The van der Waals surface area contributed by atoms with Crippen LogP contribution in [0.3, 0.4) is 0 Å². The van der Waals surface area contributed by atoms with E-state index >= 15 is 0 Å². The van der Waals surface area contributed by atoms with Gasteiger partial charge >= 0.3 is 5.88 Å². The predicted octanol–water partition coefficient (Wildman–Crippen LogP) is 2.30. The van der Waals surface area contributed by atoms with Crippen molar-refractivity contribution in [1.82, 2.24) is 14.9 Å². The number of aromatic hydroxyl groups is 1. The van der Waals surface area contributed by atoms with Gasteiger partial charge in [-0.05, 0) is 38.1 Å². The number of pyridine rings is 2. The third-order valence-corrected chi connectivity index (χ3v) is 3.85. The van der Waals surface area contributed by atoms with Gasteiger partial charge in [-0.15, -0.1) is 0 Å². The Hall–Kier alpha value is -2.99. The summed E-state index contributed by atoms with van der Waals surface area (Å²) in [5.41, 5.74) is 4.29. The first kappa shape index (κ1) is 14.9. The van der Waals surface area contributed by atoms with E-state index in [9.17, 15) is 5.11 Å². The minimum absolute atomic E-state index is 0. The number of rotatable bonds is 1. The SMILES string of the molecule is Cc1ccc(-n2n[n+]3c(c(C)cc4ccccc43)c2O)cn1.[OH-]. The average Bonchev–Trinajstić information content (AvgIpc) is 2.87. The Morgan fingerprint density at radius 1 is 1.09 bits per heavy atom. The third-order valence-electron chi connectivity index (χ3n) is 3.85. The van der Waals surface area contributed by atoms with Crippen molar-refractivity contribution in [3.63, 3.8) is 0 Å². The molecule has 0 saturated carbocycles. The van der Waals surface area contributed by atoms with Crippen LogP contribution in [0.25, 0.3) is 22.1 Å². The lowest BCUT2D eigenvalue weighted by molar-refractivity contribution is -0.555. The summed E-state index contributed by atoms with van der Waals surface area (Å²) in [6.07, 6.45) is 1.71. The Labute approximate surface area is 132 Å². The number of benzene rings is 1. The maximum atomic E-state index is 10.6. The molecule has 4 rings (SSSR count). The minimum Gasteiger partial charge on any atom is -0.870 e. The van der Waals surface area contributed by atoms with Crippen molar-refractivity contribution in [3.8, 4) is 11.6 Å². The van der Waals surface area contributed by atoms with E-state index in [0.29, 0.717) is 5.52 Å². The van der Waals surface area contributed by atoms with Crippen molar-refractivity contribution in [3.05, 3.63) is 59.9 Å². The van der Waals surface area contributed by atoms with E-state index in [0.717, 1.165) is 27.8 Å². The van der Waals surface area contributed by atoms with E-state index in [1.807, 2.05) is 50.2 Å². The van der Waals surface area contributed by atoms with E-state index in [1.54, 1.807) is 10.7 Å². The zero-order valence-electron chi connectivity index (χ0n) is 12.8. The standard InChI is InChI=1S/C17H14N4O.H2O/c1-11-9-13-5-3-4-6-15(13)21-16(11)17(22)20(19-21)14-8-7-12(2)18-10-14;/h3-10H,1-2H3;1H2. The molecule has 6 heteroatoms. The molecule has 4 aromatic rings. The Balaban J connectivity index is 0.00000156. The van der Waals surface area contributed by atoms with Crippen LogP contribution >= 0.6 is 0 Å². The highest BCUT2D eigenvalue weighted by Crippen LogP contribution is 2.24. The normalized spacial score (nSPS) is 10.9. The molecule has 116 valence electrons. The number of para-hydroxylation sites is 1. The topological polar surface area (TPSA) is 85.0 Å². The molecule has 0 unspecified atom stereocenters.